The van der Waals surface area contributed by atoms with Crippen LogP contribution in [-0.2, 0) is 25.8 Å². The number of carbonyl (C=O) groups is 1. The number of amides is 1. The normalized spacial score (nSPS) is 22.4. The lowest BCUT2D eigenvalue weighted by atomic mass is 9.72. The molecule has 3 aliphatic rings. The Hall–Kier alpha value is -3.42. The molecule has 1 saturated carbocycles. The Morgan fingerprint density at radius 2 is 1.93 bits per heavy atom. The molecule has 1 aliphatic carbocycles. The van der Waals surface area contributed by atoms with Crippen molar-refractivity contribution < 1.29 is 14.6 Å². The van der Waals surface area contributed by atoms with Crippen LogP contribution in [0.3, 0.4) is 0 Å². The number of pyridine rings is 1. The summed E-state index contributed by atoms with van der Waals surface area (Å²) in [6, 6.07) is 17.5. The summed E-state index contributed by atoms with van der Waals surface area (Å²) in [5.41, 5.74) is 4.94. The molecule has 3 heterocycles. The van der Waals surface area contributed by atoms with E-state index in [9.17, 15) is 14.7 Å². The zero-order valence-electron chi connectivity index (χ0n) is 23.9. The Morgan fingerprint density at radius 1 is 1.07 bits per heavy atom. The van der Waals surface area contributed by atoms with Crippen LogP contribution in [0.2, 0.25) is 0 Å². The largest absolute Gasteiger partial charge is 0.487 e. The zero-order valence-corrected chi connectivity index (χ0v) is 23.9. The van der Waals surface area contributed by atoms with Gasteiger partial charge in [-0.2, -0.15) is 0 Å². The van der Waals surface area contributed by atoms with Crippen LogP contribution >= 0.6 is 0 Å². The van der Waals surface area contributed by atoms with Crippen molar-refractivity contribution in [3.63, 3.8) is 0 Å². The van der Waals surface area contributed by atoms with Crippen LogP contribution in [0.1, 0.15) is 84.1 Å². The van der Waals surface area contributed by atoms with E-state index in [1.165, 1.54) is 23.6 Å². The fourth-order valence-electron chi connectivity index (χ4n) is 6.56. The number of carbonyl (C=O) groups excluding carboxylic acids is 1. The number of aromatic nitrogens is 1. The minimum atomic E-state index is -0.820. The van der Waals surface area contributed by atoms with Gasteiger partial charge in [-0.25, -0.2) is 0 Å². The van der Waals surface area contributed by atoms with E-state index in [0.29, 0.717) is 25.1 Å². The summed E-state index contributed by atoms with van der Waals surface area (Å²) in [5, 5.41) is 18.3. The molecule has 3 aromatic rings. The van der Waals surface area contributed by atoms with E-state index in [-0.39, 0.29) is 23.1 Å². The molecule has 3 N–H and O–H groups in total. The first-order valence-corrected chi connectivity index (χ1v) is 15.2. The van der Waals surface area contributed by atoms with Crippen molar-refractivity contribution in [2.45, 2.75) is 95.0 Å². The number of nitrogens with one attached hydrogen (secondary N) is 2. The molecule has 3 atom stereocenters. The second-order valence-electron chi connectivity index (χ2n) is 12.1. The number of aryl methyl sites for hydroxylation is 3. The summed E-state index contributed by atoms with van der Waals surface area (Å²) < 4.78 is 8.11. The van der Waals surface area contributed by atoms with E-state index in [1.54, 1.807) is 16.8 Å². The summed E-state index contributed by atoms with van der Waals surface area (Å²) in [6.45, 7) is 3.06. The third-order valence-electron chi connectivity index (χ3n) is 9.19. The molecule has 6 rings (SSSR count). The van der Waals surface area contributed by atoms with E-state index >= 15 is 0 Å². The number of nitrogens with zero attached hydrogens (tertiary/aromatic N) is 1. The zero-order chi connectivity index (χ0) is 28.4. The monoisotopic (exact) mass is 555 g/mol. The summed E-state index contributed by atoms with van der Waals surface area (Å²) in [6.07, 6.45) is 9.19. The van der Waals surface area contributed by atoms with Gasteiger partial charge in [-0.15, -0.1) is 0 Å². The number of ether oxygens (including phenoxy) is 1. The molecule has 1 fully saturated rings. The van der Waals surface area contributed by atoms with Crippen molar-refractivity contribution in [2.75, 3.05) is 6.54 Å². The average molecular weight is 556 g/mol. The van der Waals surface area contributed by atoms with E-state index in [2.05, 4.69) is 60.0 Å². The Morgan fingerprint density at radius 3 is 2.73 bits per heavy atom. The van der Waals surface area contributed by atoms with E-state index in [1.807, 2.05) is 0 Å². The van der Waals surface area contributed by atoms with Gasteiger partial charge in [0.2, 0.25) is 0 Å². The van der Waals surface area contributed by atoms with Gasteiger partial charge >= 0.3 is 0 Å². The molecule has 4 bridgehead atoms. The Bertz CT molecular complexity index is 1460. The fourth-order valence-corrected chi connectivity index (χ4v) is 6.56. The van der Waals surface area contributed by atoms with Gasteiger partial charge in [0, 0.05) is 43.4 Å². The highest BCUT2D eigenvalue weighted by molar-refractivity contribution is 5.94. The molecule has 0 unspecified atom stereocenters. The number of hydrogen-bond acceptors (Lipinski definition) is 5. The predicted octanol–water partition coefficient (Wildman–Crippen LogP) is 4.49. The van der Waals surface area contributed by atoms with E-state index < -0.39 is 12.1 Å². The molecule has 41 heavy (non-hydrogen) atoms. The second kappa shape index (κ2) is 11.8. The summed E-state index contributed by atoms with van der Waals surface area (Å²) >= 11 is 0. The van der Waals surface area contributed by atoms with E-state index in [0.717, 1.165) is 61.8 Å². The third kappa shape index (κ3) is 6.11. The Kier molecular flexibility index (Phi) is 8.00. The molecule has 0 radical (unpaired) electrons. The van der Waals surface area contributed by atoms with Crippen LogP contribution in [0.15, 0.2) is 65.6 Å². The molecular formula is C34H41N3O4. The van der Waals surface area contributed by atoms with Crippen LogP contribution in [0, 0.1) is 0 Å². The van der Waals surface area contributed by atoms with Crippen molar-refractivity contribution in [1.82, 2.24) is 15.2 Å². The van der Waals surface area contributed by atoms with E-state index in [4.69, 9.17) is 4.74 Å². The number of fused-ring (bicyclic) bond motifs is 5. The van der Waals surface area contributed by atoms with Gasteiger partial charge in [0.15, 0.2) is 0 Å². The molecule has 0 saturated heterocycles. The summed E-state index contributed by atoms with van der Waals surface area (Å²) in [7, 11) is 0. The van der Waals surface area contributed by atoms with Gasteiger partial charge in [0.1, 0.15) is 11.4 Å². The SMILES string of the molecule is CCc1ccc2c(c1)[C@@H](NC[C@@H](O)[C@@H]1Cc3cccc(c3)CCCCn3cc(ccc3=O)C(=O)N1)CC1(CCC1)O2. The smallest absolute Gasteiger partial charge is 0.253 e. The lowest BCUT2D eigenvalue weighted by Crippen LogP contribution is -2.52. The minimum Gasteiger partial charge on any atom is -0.487 e. The third-order valence-corrected chi connectivity index (χ3v) is 9.19. The van der Waals surface area contributed by atoms with Crippen LogP contribution < -0.4 is 20.9 Å². The summed E-state index contributed by atoms with van der Waals surface area (Å²) in [4.78, 5) is 25.8. The van der Waals surface area contributed by atoms with Crippen molar-refractivity contribution >= 4 is 5.91 Å². The first kappa shape index (κ1) is 27.7. The molecule has 7 nitrogen and oxygen atoms in total. The molecular weight excluding hydrogens is 514 g/mol. The lowest BCUT2D eigenvalue weighted by Gasteiger charge is -2.48. The average Bonchev–Trinajstić information content (AvgIpc) is 2.97. The number of rotatable bonds is 5. The van der Waals surface area contributed by atoms with Gasteiger partial charge in [0.05, 0.1) is 17.7 Å². The standard InChI is InChI=1S/C34H41N3O4/c1-2-23-10-12-31-27(18-23)29(20-34(41-31)14-6-15-34)35-21-30(38)28-19-25-9-5-8-24(17-25)7-3-4-16-37-22-26(33(40)36-28)11-13-32(37)39/h5,8-13,17-18,22,28-30,35,38H,2-4,6-7,14-16,19-21H2,1H3,(H,36,40)/t28-,29-,30+/m0/s1. The quantitative estimate of drug-likeness (QED) is 0.432. The molecule has 1 amide bonds. The first-order chi connectivity index (χ1) is 19.9. The van der Waals surface area contributed by atoms with Gasteiger partial charge in [-0.1, -0.05) is 43.3 Å². The Balaban J connectivity index is 1.24. The van der Waals surface area contributed by atoms with Gasteiger partial charge < -0.3 is 25.0 Å². The molecule has 7 heteroatoms. The Labute approximate surface area is 241 Å². The maximum Gasteiger partial charge on any atom is 0.253 e. The number of aliphatic hydroxyl groups is 1. The maximum atomic E-state index is 13.4. The van der Waals surface area contributed by atoms with Crippen molar-refractivity contribution in [1.29, 1.82) is 0 Å². The van der Waals surface area contributed by atoms with Crippen molar-refractivity contribution in [2.24, 2.45) is 0 Å². The molecule has 2 aliphatic heterocycles. The highest BCUT2D eigenvalue weighted by Crippen LogP contribution is 2.49. The van der Waals surface area contributed by atoms with Crippen LogP contribution in [-0.4, -0.2) is 39.9 Å². The first-order valence-electron chi connectivity index (χ1n) is 15.2. The van der Waals surface area contributed by atoms with Gasteiger partial charge in [-0.05, 0) is 80.2 Å². The van der Waals surface area contributed by atoms with Gasteiger partial charge in [0.25, 0.3) is 11.5 Å². The number of benzene rings is 2. The second-order valence-corrected chi connectivity index (χ2v) is 12.1. The van der Waals surface area contributed by atoms with Crippen LogP contribution in [0.4, 0.5) is 0 Å². The summed E-state index contributed by atoms with van der Waals surface area (Å²) in [5.74, 6) is 0.659. The highest BCUT2D eigenvalue weighted by Gasteiger charge is 2.45. The molecule has 216 valence electrons. The molecule has 2 aromatic carbocycles. The van der Waals surface area contributed by atoms with Gasteiger partial charge in [-0.3, -0.25) is 9.59 Å². The van der Waals surface area contributed by atoms with Crippen molar-refractivity contribution in [3.8, 4) is 5.75 Å². The number of hydrogen-bond donors (Lipinski definition) is 3. The molecule has 1 spiro atoms. The topological polar surface area (TPSA) is 92.6 Å². The fraction of sp³-hybridized carbons (Fsp3) is 0.471. The predicted molar refractivity (Wildman–Crippen MR) is 159 cm³/mol. The van der Waals surface area contributed by atoms with Crippen LogP contribution in [0.25, 0.3) is 0 Å². The lowest BCUT2D eigenvalue weighted by molar-refractivity contribution is -0.0382. The van der Waals surface area contributed by atoms with Crippen LogP contribution in [0.5, 0.6) is 5.75 Å². The number of aliphatic hydroxyl groups excluding tert-OH is 1. The van der Waals surface area contributed by atoms with Crippen molar-refractivity contribution in [3.05, 3.63) is 99.0 Å². The minimum absolute atomic E-state index is 0.0706. The molecule has 1 aromatic heterocycles. The highest BCUT2D eigenvalue weighted by atomic mass is 16.5. The maximum absolute atomic E-state index is 13.4.